The molecule has 0 aliphatic rings. The number of nitrogens with two attached hydrogens (primary N) is 1. The van der Waals surface area contributed by atoms with Crippen molar-refractivity contribution >= 4 is 31.6 Å². The molecule has 0 unspecified atom stereocenters. The van der Waals surface area contributed by atoms with Crippen LogP contribution in [0, 0.1) is 13.8 Å². The number of anilines is 1. The fourth-order valence-corrected chi connectivity index (χ4v) is 5.38. The molecule has 0 aliphatic carbocycles. The molecule has 0 saturated heterocycles. The number of sulfonamides is 2. The molecule has 2 rings (SSSR count). The fourth-order valence-electron chi connectivity index (χ4n) is 2.91. The van der Waals surface area contributed by atoms with Crippen LogP contribution in [0.25, 0.3) is 0 Å². The van der Waals surface area contributed by atoms with Gasteiger partial charge in [0.25, 0.3) is 5.91 Å². The summed E-state index contributed by atoms with van der Waals surface area (Å²) in [6.07, 6.45) is 0. The second-order valence-electron chi connectivity index (χ2n) is 6.03. The Hall–Kier alpha value is -2.21. The van der Waals surface area contributed by atoms with Gasteiger partial charge in [0, 0.05) is 18.8 Å². The Balaban J connectivity index is 2.43. The van der Waals surface area contributed by atoms with Gasteiger partial charge in [0.2, 0.25) is 20.0 Å². The van der Waals surface area contributed by atoms with Crippen LogP contribution in [0.5, 0.6) is 0 Å². The van der Waals surface area contributed by atoms with Crippen molar-refractivity contribution < 1.29 is 26.0 Å². The number of carbonyl (C=O) groups is 1. The fraction of sp³-hybridized carbons (Fsp3) is 0.353. The Morgan fingerprint density at radius 3 is 2.25 bits per heavy atom. The summed E-state index contributed by atoms with van der Waals surface area (Å²) in [5, 5.41) is 7.71. The molecule has 0 atom stereocenters. The molecule has 2 aromatic rings. The minimum Gasteiger partial charge on any atom is -0.464 e. The van der Waals surface area contributed by atoms with Gasteiger partial charge in [-0.05, 0) is 32.0 Å². The number of hydrogen-bond acceptors (Lipinski definition) is 6. The zero-order valence-electron chi connectivity index (χ0n) is 16.0. The van der Waals surface area contributed by atoms with Gasteiger partial charge < -0.3 is 9.73 Å². The van der Waals surface area contributed by atoms with Crippen molar-refractivity contribution in [1.29, 1.82) is 0 Å². The number of rotatable bonds is 7. The first-order valence-corrected chi connectivity index (χ1v) is 11.5. The van der Waals surface area contributed by atoms with E-state index in [1.165, 1.54) is 42.4 Å². The molecule has 0 saturated carbocycles. The first-order valence-electron chi connectivity index (χ1n) is 8.47. The van der Waals surface area contributed by atoms with Crippen LogP contribution in [0.1, 0.15) is 35.7 Å². The molecule has 28 heavy (non-hydrogen) atoms. The molecule has 154 valence electrons. The van der Waals surface area contributed by atoms with Crippen LogP contribution in [0.15, 0.2) is 38.5 Å². The summed E-state index contributed by atoms with van der Waals surface area (Å²) in [6, 6.07) is 5.72. The van der Waals surface area contributed by atoms with Crippen molar-refractivity contribution in [3.63, 3.8) is 0 Å². The van der Waals surface area contributed by atoms with E-state index < -0.39 is 30.8 Å². The summed E-state index contributed by atoms with van der Waals surface area (Å²) in [7, 11) is -7.90. The average Bonchev–Trinajstić information content (AvgIpc) is 2.90. The quantitative estimate of drug-likeness (QED) is 0.688. The summed E-state index contributed by atoms with van der Waals surface area (Å²) in [5.74, 6) is -0.676. The van der Waals surface area contributed by atoms with Gasteiger partial charge in [-0.3, -0.25) is 4.79 Å². The number of hydrogen-bond donors (Lipinski definition) is 2. The third-order valence-electron chi connectivity index (χ3n) is 4.15. The zero-order chi connectivity index (χ0) is 21.3. The molecule has 1 amide bonds. The number of nitrogens with one attached hydrogen (secondary N) is 1. The van der Waals surface area contributed by atoms with Gasteiger partial charge in [-0.1, -0.05) is 19.9 Å². The van der Waals surface area contributed by atoms with Crippen molar-refractivity contribution in [2.24, 2.45) is 5.14 Å². The van der Waals surface area contributed by atoms with Crippen LogP contribution in [-0.2, 0) is 20.0 Å². The van der Waals surface area contributed by atoms with Crippen LogP contribution in [0.4, 0.5) is 5.69 Å². The summed E-state index contributed by atoms with van der Waals surface area (Å²) in [5.41, 5.74) is -0.0196. The Bertz CT molecular complexity index is 1100. The molecule has 0 bridgehead atoms. The van der Waals surface area contributed by atoms with Gasteiger partial charge in [0.1, 0.15) is 22.0 Å². The highest BCUT2D eigenvalue weighted by atomic mass is 32.2. The van der Waals surface area contributed by atoms with Crippen molar-refractivity contribution in [1.82, 2.24) is 4.31 Å². The lowest BCUT2D eigenvalue weighted by Crippen LogP contribution is -2.30. The zero-order valence-corrected chi connectivity index (χ0v) is 17.6. The highest BCUT2D eigenvalue weighted by Gasteiger charge is 2.29. The summed E-state index contributed by atoms with van der Waals surface area (Å²) in [4.78, 5) is 12.3. The van der Waals surface area contributed by atoms with E-state index in [-0.39, 0.29) is 27.7 Å². The highest BCUT2D eigenvalue weighted by molar-refractivity contribution is 7.89. The van der Waals surface area contributed by atoms with E-state index in [0.29, 0.717) is 13.1 Å². The Labute approximate surface area is 164 Å². The first kappa shape index (κ1) is 22.1. The lowest BCUT2D eigenvalue weighted by molar-refractivity contribution is 0.102. The van der Waals surface area contributed by atoms with Crippen molar-refractivity contribution in [2.75, 3.05) is 18.4 Å². The molecule has 11 heteroatoms. The predicted octanol–water partition coefficient (Wildman–Crippen LogP) is 1.83. The number of aryl methyl sites for hydroxylation is 2. The molecule has 1 aromatic heterocycles. The monoisotopic (exact) mass is 429 g/mol. The maximum absolute atomic E-state index is 12.7. The van der Waals surface area contributed by atoms with Crippen molar-refractivity contribution in [3.05, 3.63) is 41.3 Å². The summed E-state index contributed by atoms with van der Waals surface area (Å²) < 4.78 is 55.5. The lowest BCUT2D eigenvalue weighted by Gasteiger charge is -2.18. The van der Waals surface area contributed by atoms with Gasteiger partial charge in [-0.2, -0.15) is 4.31 Å². The van der Waals surface area contributed by atoms with E-state index in [1.54, 1.807) is 13.8 Å². The largest absolute Gasteiger partial charge is 0.464 e. The van der Waals surface area contributed by atoms with Gasteiger partial charge in [-0.25, -0.2) is 22.0 Å². The molecule has 0 radical (unpaired) electrons. The normalized spacial score (nSPS) is 12.4. The first-order chi connectivity index (χ1) is 12.9. The van der Waals surface area contributed by atoms with E-state index in [9.17, 15) is 21.6 Å². The molecule has 0 fully saturated rings. The third kappa shape index (κ3) is 4.27. The van der Waals surface area contributed by atoms with E-state index in [4.69, 9.17) is 9.56 Å². The second-order valence-corrected chi connectivity index (χ2v) is 9.47. The van der Waals surface area contributed by atoms with Crippen LogP contribution in [-0.4, -0.2) is 40.1 Å². The topological polar surface area (TPSA) is 140 Å². The Morgan fingerprint density at radius 2 is 1.71 bits per heavy atom. The van der Waals surface area contributed by atoms with E-state index in [0.717, 1.165) is 0 Å². The Morgan fingerprint density at radius 1 is 1.11 bits per heavy atom. The van der Waals surface area contributed by atoms with E-state index in [1.807, 2.05) is 0 Å². The Kier molecular flexibility index (Phi) is 6.34. The second kappa shape index (κ2) is 8.03. The van der Waals surface area contributed by atoms with Crippen LogP contribution < -0.4 is 10.5 Å². The standard InChI is InChI=1S/C17H23N3O6S2/c1-5-20(6-2)28(24,25)14-9-7-8-13(10-14)19-17(21)15-11(3)26-12(4)16(15)27(18,22)23/h7-10H,5-6H2,1-4H3,(H,19,21)(H2,18,22,23). The average molecular weight is 430 g/mol. The van der Waals surface area contributed by atoms with Gasteiger partial charge in [-0.15, -0.1) is 0 Å². The van der Waals surface area contributed by atoms with Crippen molar-refractivity contribution in [3.8, 4) is 0 Å². The van der Waals surface area contributed by atoms with Crippen LogP contribution in [0.3, 0.4) is 0 Å². The minimum absolute atomic E-state index is 0.00279. The number of benzene rings is 1. The molecule has 9 nitrogen and oxygen atoms in total. The summed E-state index contributed by atoms with van der Waals surface area (Å²) in [6.45, 7) is 6.90. The third-order valence-corrected chi connectivity index (χ3v) is 7.26. The molecule has 3 N–H and O–H groups in total. The number of primary sulfonamides is 1. The number of nitrogens with zero attached hydrogens (tertiary/aromatic N) is 1. The van der Waals surface area contributed by atoms with Gasteiger partial charge in [0.05, 0.1) is 4.90 Å². The van der Waals surface area contributed by atoms with Gasteiger partial charge >= 0.3 is 0 Å². The molecular formula is C17H23N3O6S2. The highest BCUT2D eigenvalue weighted by Crippen LogP contribution is 2.27. The molecule has 1 heterocycles. The number of amides is 1. The maximum Gasteiger partial charge on any atom is 0.260 e. The minimum atomic E-state index is -4.19. The number of carbonyl (C=O) groups excluding carboxylic acids is 1. The van der Waals surface area contributed by atoms with E-state index in [2.05, 4.69) is 5.32 Å². The maximum atomic E-state index is 12.7. The summed E-state index contributed by atoms with van der Waals surface area (Å²) >= 11 is 0. The molecule has 1 aromatic carbocycles. The van der Waals surface area contributed by atoms with Gasteiger partial charge in [0.15, 0.2) is 0 Å². The van der Waals surface area contributed by atoms with Crippen molar-refractivity contribution in [2.45, 2.75) is 37.5 Å². The molecule has 0 aliphatic heterocycles. The number of furan rings is 1. The molecule has 0 spiro atoms. The van der Waals surface area contributed by atoms with Crippen LogP contribution >= 0.6 is 0 Å². The predicted molar refractivity (Wildman–Crippen MR) is 104 cm³/mol. The smallest absolute Gasteiger partial charge is 0.260 e. The van der Waals surface area contributed by atoms with E-state index >= 15 is 0 Å². The SMILES string of the molecule is CCN(CC)S(=O)(=O)c1cccc(NC(=O)c2c(C)oc(C)c2S(N)(=O)=O)c1. The van der Waals surface area contributed by atoms with Crippen LogP contribution in [0.2, 0.25) is 0 Å². The lowest BCUT2D eigenvalue weighted by atomic mass is 10.2. The molecular weight excluding hydrogens is 406 g/mol.